The number of carbonyl (C=O) groups excluding carboxylic acids is 2. The molecule has 2 N–H and O–H groups in total. The number of ether oxygens (including phenoxy) is 3. The van der Waals surface area contributed by atoms with E-state index in [2.05, 4.69) is 10.6 Å². The van der Waals surface area contributed by atoms with Crippen LogP contribution < -0.4 is 24.8 Å². The fourth-order valence-electron chi connectivity index (χ4n) is 6.24. The lowest BCUT2D eigenvalue weighted by atomic mass is 9.49. The highest BCUT2D eigenvalue weighted by atomic mass is 16.5. The molecule has 0 aliphatic heterocycles. The Labute approximate surface area is 177 Å². The molecule has 30 heavy (non-hydrogen) atoms. The van der Waals surface area contributed by atoms with Crippen molar-refractivity contribution in [1.29, 1.82) is 0 Å². The summed E-state index contributed by atoms with van der Waals surface area (Å²) < 4.78 is 15.9. The smallest absolute Gasteiger partial charge is 0.226 e. The van der Waals surface area contributed by atoms with Gasteiger partial charge in [0.2, 0.25) is 17.6 Å². The molecular weight excluding hydrogens is 384 g/mol. The Balaban J connectivity index is 1.31. The molecule has 0 unspecified atom stereocenters. The van der Waals surface area contributed by atoms with E-state index in [9.17, 15) is 9.59 Å². The van der Waals surface area contributed by atoms with Crippen LogP contribution in [0.3, 0.4) is 0 Å². The van der Waals surface area contributed by atoms with Gasteiger partial charge in [-0.25, -0.2) is 0 Å². The number of carbonyl (C=O) groups is 2. The van der Waals surface area contributed by atoms with E-state index >= 15 is 0 Å². The lowest BCUT2D eigenvalue weighted by molar-refractivity contribution is -0.146. The molecule has 1 aromatic carbocycles. The van der Waals surface area contributed by atoms with E-state index < -0.39 is 0 Å². The zero-order valence-corrected chi connectivity index (χ0v) is 18.1. The van der Waals surface area contributed by atoms with Gasteiger partial charge in [-0.15, -0.1) is 0 Å². The molecule has 0 atom stereocenters. The molecule has 0 aromatic heterocycles. The molecule has 4 aliphatic carbocycles. The molecule has 0 saturated heterocycles. The van der Waals surface area contributed by atoms with Gasteiger partial charge in [0.25, 0.3) is 0 Å². The quantitative estimate of drug-likeness (QED) is 0.679. The van der Waals surface area contributed by atoms with Crippen LogP contribution in [0.25, 0.3) is 0 Å². The maximum absolute atomic E-state index is 13.0. The maximum Gasteiger partial charge on any atom is 0.226 e. The van der Waals surface area contributed by atoms with E-state index in [0.717, 1.165) is 37.0 Å². The van der Waals surface area contributed by atoms with Crippen molar-refractivity contribution in [3.63, 3.8) is 0 Å². The molecule has 0 spiro atoms. The van der Waals surface area contributed by atoms with Crippen LogP contribution in [0.5, 0.6) is 17.2 Å². The van der Waals surface area contributed by atoms with Gasteiger partial charge in [0.05, 0.1) is 21.3 Å². The first kappa shape index (κ1) is 20.8. The van der Waals surface area contributed by atoms with Crippen LogP contribution in [-0.4, -0.2) is 39.7 Å². The largest absolute Gasteiger partial charge is 0.493 e. The highest BCUT2D eigenvalue weighted by molar-refractivity contribution is 5.92. The monoisotopic (exact) mass is 416 g/mol. The van der Waals surface area contributed by atoms with E-state index in [1.165, 1.54) is 40.6 Å². The van der Waals surface area contributed by atoms with Crippen molar-refractivity contribution in [2.75, 3.05) is 33.2 Å². The second kappa shape index (κ2) is 8.36. The third kappa shape index (κ3) is 3.94. The van der Waals surface area contributed by atoms with Crippen molar-refractivity contribution >= 4 is 17.5 Å². The van der Waals surface area contributed by atoms with Crippen LogP contribution in [0.15, 0.2) is 12.1 Å². The summed E-state index contributed by atoms with van der Waals surface area (Å²) >= 11 is 0. The van der Waals surface area contributed by atoms with Crippen molar-refractivity contribution in [3.05, 3.63) is 12.1 Å². The maximum atomic E-state index is 13.0. The molecular formula is C23H32N2O5. The minimum Gasteiger partial charge on any atom is -0.493 e. The molecule has 0 heterocycles. The molecule has 4 fully saturated rings. The SMILES string of the molecule is COc1cc(NC(=O)CCNC(=O)C23CC4CC(CC(C4)C2)C3)cc(OC)c1OC. The van der Waals surface area contributed by atoms with Crippen molar-refractivity contribution in [2.45, 2.75) is 44.9 Å². The van der Waals surface area contributed by atoms with Crippen LogP contribution in [0, 0.1) is 23.2 Å². The summed E-state index contributed by atoms with van der Waals surface area (Å²) in [4.78, 5) is 25.4. The van der Waals surface area contributed by atoms with Gasteiger partial charge in [0.1, 0.15) is 0 Å². The average molecular weight is 417 g/mol. The lowest BCUT2D eigenvalue weighted by Gasteiger charge is -2.55. The van der Waals surface area contributed by atoms with Crippen LogP contribution in [0.2, 0.25) is 0 Å². The Hall–Kier alpha value is -2.44. The molecule has 4 aliphatic rings. The Bertz CT molecular complexity index is 762. The van der Waals surface area contributed by atoms with Gasteiger partial charge in [-0.2, -0.15) is 0 Å². The van der Waals surface area contributed by atoms with E-state index in [1.54, 1.807) is 12.1 Å². The molecule has 4 saturated carbocycles. The van der Waals surface area contributed by atoms with Gasteiger partial charge in [0.15, 0.2) is 11.5 Å². The summed E-state index contributed by atoms with van der Waals surface area (Å²) in [6.45, 7) is 0.344. The van der Waals surface area contributed by atoms with Crippen LogP contribution >= 0.6 is 0 Å². The Kier molecular flexibility index (Phi) is 5.80. The summed E-state index contributed by atoms with van der Waals surface area (Å²) in [5.74, 6) is 3.59. The predicted molar refractivity (Wildman–Crippen MR) is 113 cm³/mol. The lowest BCUT2D eigenvalue weighted by Crippen LogP contribution is -2.53. The summed E-state index contributed by atoms with van der Waals surface area (Å²) in [5, 5.41) is 5.90. The normalized spacial score (nSPS) is 28.7. The molecule has 7 heteroatoms. The second-order valence-corrected chi connectivity index (χ2v) is 9.17. The van der Waals surface area contributed by atoms with Gasteiger partial charge in [0, 0.05) is 36.2 Å². The Morgan fingerprint density at radius 1 is 0.933 bits per heavy atom. The van der Waals surface area contributed by atoms with Crippen molar-refractivity contribution < 1.29 is 23.8 Å². The predicted octanol–water partition coefficient (Wildman–Crippen LogP) is 3.37. The van der Waals surface area contributed by atoms with E-state index in [0.29, 0.717) is 29.5 Å². The zero-order valence-electron chi connectivity index (χ0n) is 18.1. The van der Waals surface area contributed by atoms with Gasteiger partial charge in [-0.05, 0) is 56.3 Å². The van der Waals surface area contributed by atoms with E-state index in [1.807, 2.05) is 0 Å². The topological polar surface area (TPSA) is 85.9 Å². The van der Waals surface area contributed by atoms with E-state index in [4.69, 9.17) is 14.2 Å². The minimum absolute atomic E-state index is 0.155. The van der Waals surface area contributed by atoms with Gasteiger partial charge < -0.3 is 24.8 Å². The second-order valence-electron chi connectivity index (χ2n) is 9.17. The molecule has 7 nitrogen and oxygen atoms in total. The van der Waals surface area contributed by atoms with Crippen LogP contribution in [0.4, 0.5) is 5.69 Å². The van der Waals surface area contributed by atoms with E-state index in [-0.39, 0.29) is 23.7 Å². The molecule has 5 rings (SSSR count). The first-order chi connectivity index (χ1) is 14.5. The highest BCUT2D eigenvalue weighted by Crippen LogP contribution is 2.60. The highest BCUT2D eigenvalue weighted by Gasteiger charge is 2.54. The number of nitrogens with one attached hydrogen (secondary N) is 2. The summed E-state index contributed by atoms with van der Waals surface area (Å²) in [7, 11) is 4.59. The standard InChI is InChI=1S/C23H32N2O5/c1-28-18-9-17(10-19(29-2)21(18)30-3)25-20(26)4-5-24-22(27)23-11-14-6-15(12-23)8-16(7-14)13-23/h9-10,14-16H,4-8,11-13H2,1-3H3,(H,24,27)(H,25,26). The Morgan fingerprint density at radius 3 is 1.93 bits per heavy atom. The number of methoxy groups -OCH3 is 3. The van der Waals surface area contributed by atoms with Gasteiger partial charge in [-0.1, -0.05) is 0 Å². The fourth-order valence-corrected chi connectivity index (χ4v) is 6.24. The zero-order chi connectivity index (χ0) is 21.3. The van der Waals surface area contributed by atoms with Crippen molar-refractivity contribution in [2.24, 2.45) is 23.2 Å². The number of hydrogen-bond acceptors (Lipinski definition) is 5. The first-order valence-corrected chi connectivity index (χ1v) is 10.8. The molecule has 0 radical (unpaired) electrons. The number of rotatable bonds is 8. The third-order valence-electron chi connectivity index (χ3n) is 7.11. The number of anilines is 1. The first-order valence-electron chi connectivity index (χ1n) is 10.8. The van der Waals surface area contributed by atoms with Crippen LogP contribution in [-0.2, 0) is 9.59 Å². The number of amides is 2. The minimum atomic E-state index is -0.179. The summed E-state index contributed by atoms with van der Waals surface area (Å²) in [6.07, 6.45) is 7.24. The summed E-state index contributed by atoms with van der Waals surface area (Å²) in [5.41, 5.74) is 0.379. The fraction of sp³-hybridized carbons (Fsp3) is 0.652. The Morgan fingerprint density at radius 2 is 1.47 bits per heavy atom. The van der Waals surface area contributed by atoms with Crippen molar-refractivity contribution in [1.82, 2.24) is 5.32 Å². The van der Waals surface area contributed by atoms with Crippen molar-refractivity contribution in [3.8, 4) is 17.2 Å². The molecule has 164 valence electrons. The summed E-state index contributed by atoms with van der Waals surface area (Å²) in [6, 6.07) is 3.38. The van der Waals surface area contributed by atoms with Gasteiger partial charge >= 0.3 is 0 Å². The average Bonchev–Trinajstić information content (AvgIpc) is 2.71. The van der Waals surface area contributed by atoms with Crippen LogP contribution in [0.1, 0.15) is 44.9 Å². The third-order valence-corrected chi connectivity index (χ3v) is 7.11. The molecule has 2 amide bonds. The number of benzene rings is 1. The van der Waals surface area contributed by atoms with Gasteiger partial charge in [-0.3, -0.25) is 9.59 Å². The number of hydrogen-bond donors (Lipinski definition) is 2. The molecule has 4 bridgehead atoms. The molecule has 1 aromatic rings.